The predicted octanol–water partition coefficient (Wildman–Crippen LogP) is 1.16. The van der Waals surface area contributed by atoms with E-state index in [1.165, 1.54) is 0 Å². The van der Waals surface area contributed by atoms with Crippen LogP contribution in [0, 0.1) is 0 Å². The Morgan fingerprint density at radius 2 is 2.29 bits per heavy atom. The lowest BCUT2D eigenvalue weighted by atomic mass is 10.3. The van der Waals surface area contributed by atoms with Crippen molar-refractivity contribution < 1.29 is 23.4 Å². The Hall–Kier alpha value is -0.940. The lowest BCUT2D eigenvalue weighted by Crippen LogP contribution is -2.21. The third-order valence-electron chi connectivity index (χ3n) is 1.74. The number of carbonyl (C=O) groups is 1. The summed E-state index contributed by atoms with van der Waals surface area (Å²) in [6, 6.07) is 0. The van der Waals surface area contributed by atoms with Crippen LogP contribution >= 0.6 is 0 Å². The largest absolute Gasteiger partial charge is 0.464 e. The molecular formula is C9H13FO4. The minimum atomic E-state index is -1.00. The molecule has 0 aliphatic carbocycles. The molecule has 1 aliphatic heterocycles. The second-order valence-corrected chi connectivity index (χ2v) is 3.37. The van der Waals surface area contributed by atoms with Crippen LogP contribution in [-0.4, -0.2) is 31.6 Å². The van der Waals surface area contributed by atoms with Gasteiger partial charge in [0.1, 0.15) is 6.10 Å². The molecule has 4 nitrogen and oxygen atoms in total. The maximum absolute atomic E-state index is 13.0. The van der Waals surface area contributed by atoms with Crippen LogP contribution in [0.4, 0.5) is 4.39 Å². The van der Waals surface area contributed by atoms with Gasteiger partial charge in [0.2, 0.25) is 5.83 Å². The Kier molecular flexibility index (Phi) is 3.23. The van der Waals surface area contributed by atoms with E-state index in [9.17, 15) is 9.18 Å². The van der Waals surface area contributed by atoms with Crippen LogP contribution < -0.4 is 0 Å². The summed E-state index contributed by atoms with van der Waals surface area (Å²) in [5, 5.41) is 0. The van der Waals surface area contributed by atoms with E-state index in [1.54, 1.807) is 13.8 Å². The molecule has 1 aliphatic rings. The molecule has 0 spiro atoms. The molecule has 0 aromatic heterocycles. The van der Waals surface area contributed by atoms with Crippen molar-refractivity contribution in [3.05, 3.63) is 11.9 Å². The van der Waals surface area contributed by atoms with Crippen molar-refractivity contribution in [1.82, 2.24) is 0 Å². The summed E-state index contributed by atoms with van der Waals surface area (Å²) < 4.78 is 27.6. The molecule has 1 atom stereocenters. The average Bonchev–Trinajstić information content (AvgIpc) is 2.44. The lowest BCUT2D eigenvalue weighted by molar-refractivity contribution is -0.139. The van der Waals surface area contributed by atoms with E-state index in [4.69, 9.17) is 9.47 Å². The van der Waals surface area contributed by atoms with Crippen molar-refractivity contribution in [3.63, 3.8) is 0 Å². The summed E-state index contributed by atoms with van der Waals surface area (Å²) >= 11 is 0. The molecule has 14 heavy (non-hydrogen) atoms. The highest BCUT2D eigenvalue weighted by atomic mass is 19.1. The molecule has 1 saturated heterocycles. The Morgan fingerprint density at radius 3 is 2.71 bits per heavy atom. The number of rotatable bonds is 2. The van der Waals surface area contributed by atoms with E-state index >= 15 is 0 Å². The second-order valence-electron chi connectivity index (χ2n) is 3.37. The average molecular weight is 204 g/mol. The SMILES string of the molecule is COC(=O)C(F)=C[C@H]1COC(C)(C)O1. The van der Waals surface area contributed by atoms with Crippen molar-refractivity contribution in [2.24, 2.45) is 0 Å². The van der Waals surface area contributed by atoms with E-state index in [0.717, 1.165) is 13.2 Å². The summed E-state index contributed by atoms with van der Waals surface area (Å²) in [6.45, 7) is 3.67. The fourth-order valence-corrected chi connectivity index (χ4v) is 1.13. The molecule has 0 radical (unpaired) electrons. The fraction of sp³-hybridized carbons (Fsp3) is 0.667. The lowest BCUT2D eigenvalue weighted by Gasteiger charge is -2.15. The molecule has 0 aromatic carbocycles. The zero-order valence-electron chi connectivity index (χ0n) is 8.37. The summed E-state index contributed by atoms with van der Waals surface area (Å²) in [5.74, 6) is -2.69. The Morgan fingerprint density at radius 1 is 1.64 bits per heavy atom. The van der Waals surface area contributed by atoms with Gasteiger partial charge in [0, 0.05) is 0 Å². The monoisotopic (exact) mass is 204 g/mol. The Bertz CT molecular complexity index is 260. The van der Waals surface area contributed by atoms with Crippen molar-refractivity contribution in [2.75, 3.05) is 13.7 Å². The van der Waals surface area contributed by atoms with Crippen LogP contribution in [-0.2, 0) is 19.0 Å². The highest BCUT2D eigenvalue weighted by Gasteiger charge is 2.32. The number of hydrogen-bond donors (Lipinski definition) is 0. The normalized spacial score (nSPS) is 26.3. The first kappa shape index (κ1) is 11.1. The van der Waals surface area contributed by atoms with Gasteiger partial charge >= 0.3 is 5.97 Å². The van der Waals surface area contributed by atoms with Crippen LogP contribution in [0.25, 0.3) is 0 Å². The van der Waals surface area contributed by atoms with Gasteiger partial charge in [0.15, 0.2) is 5.79 Å². The van der Waals surface area contributed by atoms with E-state index in [2.05, 4.69) is 4.74 Å². The van der Waals surface area contributed by atoms with E-state index < -0.39 is 23.7 Å². The smallest absolute Gasteiger partial charge is 0.366 e. The van der Waals surface area contributed by atoms with Crippen LogP contribution in [0.1, 0.15) is 13.8 Å². The van der Waals surface area contributed by atoms with Gasteiger partial charge in [-0.15, -0.1) is 0 Å². The molecule has 0 aromatic rings. The van der Waals surface area contributed by atoms with Gasteiger partial charge in [0.05, 0.1) is 13.7 Å². The summed E-state index contributed by atoms with van der Waals surface area (Å²) in [6.07, 6.45) is 0.518. The van der Waals surface area contributed by atoms with E-state index in [-0.39, 0.29) is 6.61 Å². The Balaban J connectivity index is 2.57. The van der Waals surface area contributed by atoms with Crippen molar-refractivity contribution in [3.8, 4) is 0 Å². The number of carbonyl (C=O) groups excluding carboxylic acids is 1. The van der Waals surface area contributed by atoms with Crippen molar-refractivity contribution in [1.29, 1.82) is 0 Å². The summed E-state index contributed by atoms with van der Waals surface area (Å²) in [7, 11) is 1.12. The van der Waals surface area contributed by atoms with Gasteiger partial charge < -0.3 is 14.2 Å². The van der Waals surface area contributed by atoms with E-state index in [1.807, 2.05) is 0 Å². The van der Waals surface area contributed by atoms with E-state index in [0.29, 0.717) is 0 Å². The molecule has 0 amide bonds. The van der Waals surface area contributed by atoms with Crippen LogP contribution in [0.5, 0.6) is 0 Å². The van der Waals surface area contributed by atoms with Gasteiger partial charge in [-0.1, -0.05) is 0 Å². The molecule has 1 fully saturated rings. The first-order chi connectivity index (χ1) is 6.44. The number of methoxy groups -OCH3 is 1. The molecule has 1 heterocycles. The summed E-state index contributed by atoms with van der Waals surface area (Å²) in [4.78, 5) is 10.7. The zero-order chi connectivity index (χ0) is 10.8. The topological polar surface area (TPSA) is 44.8 Å². The minimum Gasteiger partial charge on any atom is -0.464 e. The quantitative estimate of drug-likeness (QED) is 0.500. The van der Waals surface area contributed by atoms with Crippen LogP contribution in [0.15, 0.2) is 11.9 Å². The predicted molar refractivity (Wildman–Crippen MR) is 46.1 cm³/mol. The molecule has 0 saturated carbocycles. The number of halogens is 1. The highest BCUT2D eigenvalue weighted by Crippen LogP contribution is 2.23. The van der Waals surface area contributed by atoms with Crippen molar-refractivity contribution >= 4 is 5.97 Å². The minimum absolute atomic E-state index is 0.234. The van der Waals surface area contributed by atoms with Gasteiger partial charge in [-0.05, 0) is 19.9 Å². The summed E-state index contributed by atoms with van der Waals surface area (Å²) in [5.41, 5.74) is 0. The third-order valence-corrected chi connectivity index (χ3v) is 1.74. The van der Waals surface area contributed by atoms with Gasteiger partial charge in [0.25, 0.3) is 0 Å². The molecular weight excluding hydrogens is 191 g/mol. The van der Waals surface area contributed by atoms with Gasteiger partial charge in [-0.25, -0.2) is 4.79 Å². The van der Waals surface area contributed by atoms with Crippen LogP contribution in [0.2, 0.25) is 0 Å². The molecule has 5 heteroatoms. The molecule has 0 bridgehead atoms. The van der Waals surface area contributed by atoms with Gasteiger partial charge in [-0.3, -0.25) is 0 Å². The molecule has 80 valence electrons. The van der Waals surface area contributed by atoms with Gasteiger partial charge in [-0.2, -0.15) is 4.39 Å². The highest BCUT2D eigenvalue weighted by molar-refractivity contribution is 5.85. The maximum atomic E-state index is 13.0. The zero-order valence-corrected chi connectivity index (χ0v) is 8.37. The molecule has 1 rings (SSSR count). The maximum Gasteiger partial charge on any atom is 0.366 e. The van der Waals surface area contributed by atoms with Crippen molar-refractivity contribution in [2.45, 2.75) is 25.7 Å². The second kappa shape index (κ2) is 4.06. The standard InChI is InChI=1S/C9H13FO4/c1-9(2)13-5-6(14-9)4-7(10)8(11)12-3/h4,6H,5H2,1-3H3/t6-/m0/s1. The first-order valence-corrected chi connectivity index (χ1v) is 4.22. The third kappa shape index (κ3) is 2.78. The first-order valence-electron chi connectivity index (χ1n) is 4.22. The molecule has 0 unspecified atom stereocenters. The number of hydrogen-bond acceptors (Lipinski definition) is 4. The fourth-order valence-electron chi connectivity index (χ4n) is 1.13. The Labute approximate surface area is 81.6 Å². The number of esters is 1. The number of ether oxygens (including phenoxy) is 3. The van der Waals surface area contributed by atoms with Crippen LogP contribution in [0.3, 0.4) is 0 Å². The molecule has 0 N–H and O–H groups in total.